The van der Waals surface area contributed by atoms with Crippen molar-refractivity contribution in [2.24, 2.45) is 10.9 Å². The second-order valence-corrected chi connectivity index (χ2v) is 7.21. The van der Waals surface area contributed by atoms with Gasteiger partial charge in [0, 0.05) is 42.1 Å². The molecule has 0 aliphatic heterocycles. The Kier molecular flexibility index (Phi) is 9.99. The fourth-order valence-electron chi connectivity index (χ4n) is 3.56. The van der Waals surface area contributed by atoms with Crippen LogP contribution in [0.25, 0.3) is 5.57 Å². The standard InChI is InChI=1S/C26H34N2O/c1-9-22(10-2)26(27-8)19(5)14-12-13-18(4)15-23(17-29)25-16-20(6)28-21(7)24(25)11-3/h9,12-14,16,22H,1,4,10-11,15H2,2-3,5-8H3/b13-12-,19-14+,27-26?. The van der Waals surface area contributed by atoms with Crippen LogP contribution in [0.15, 0.2) is 59.7 Å². The summed E-state index contributed by atoms with van der Waals surface area (Å²) in [6.07, 6.45) is 10.1. The zero-order chi connectivity index (χ0) is 22.0. The van der Waals surface area contributed by atoms with E-state index in [-0.39, 0.29) is 5.92 Å². The third-order valence-corrected chi connectivity index (χ3v) is 5.06. The summed E-state index contributed by atoms with van der Waals surface area (Å²) in [6.45, 7) is 18.2. The lowest BCUT2D eigenvalue weighted by Crippen LogP contribution is -2.12. The SMILES string of the molecule is C=CC(CC)C(=NC)/C(C)=C/C=C\C(=C)CC(=C=O)c1cc(C)nc(C)c1CC. The predicted molar refractivity (Wildman–Crippen MR) is 126 cm³/mol. The summed E-state index contributed by atoms with van der Waals surface area (Å²) in [5, 5.41) is 0. The van der Waals surface area contributed by atoms with Crippen molar-refractivity contribution in [2.45, 2.75) is 53.9 Å². The second kappa shape index (κ2) is 11.9. The molecule has 1 aromatic rings. The van der Waals surface area contributed by atoms with Crippen LogP contribution in [0.4, 0.5) is 0 Å². The van der Waals surface area contributed by atoms with Crippen LogP contribution in [0.5, 0.6) is 0 Å². The zero-order valence-electron chi connectivity index (χ0n) is 18.8. The van der Waals surface area contributed by atoms with Crippen LogP contribution in [0.2, 0.25) is 0 Å². The van der Waals surface area contributed by atoms with Crippen molar-refractivity contribution in [2.75, 3.05) is 7.05 Å². The summed E-state index contributed by atoms with van der Waals surface area (Å²) in [7, 11) is 1.81. The molecule has 0 saturated heterocycles. The van der Waals surface area contributed by atoms with Crippen molar-refractivity contribution in [3.8, 4) is 0 Å². The van der Waals surface area contributed by atoms with Crippen LogP contribution in [-0.2, 0) is 11.2 Å². The van der Waals surface area contributed by atoms with Gasteiger partial charge in [-0.05, 0) is 56.4 Å². The molecule has 29 heavy (non-hydrogen) atoms. The third-order valence-electron chi connectivity index (χ3n) is 5.06. The number of aromatic nitrogens is 1. The summed E-state index contributed by atoms with van der Waals surface area (Å²) >= 11 is 0. The molecule has 1 aromatic heterocycles. The molecule has 0 N–H and O–H groups in total. The lowest BCUT2D eigenvalue weighted by molar-refractivity contribution is 0.569. The van der Waals surface area contributed by atoms with E-state index in [1.54, 1.807) is 0 Å². The molecule has 0 aromatic carbocycles. The van der Waals surface area contributed by atoms with E-state index in [9.17, 15) is 4.79 Å². The number of carbonyl (C=O) groups excluding carboxylic acids is 1. The van der Waals surface area contributed by atoms with Gasteiger partial charge in [0.1, 0.15) is 5.94 Å². The Morgan fingerprint density at radius 1 is 1.34 bits per heavy atom. The van der Waals surface area contributed by atoms with Gasteiger partial charge < -0.3 is 0 Å². The molecule has 3 nitrogen and oxygen atoms in total. The summed E-state index contributed by atoms with van der Waals surface area (Å²) in [4.78, 5) is 20.6. The summed E-state index contributed by atoms with van der Waals surface area (Å²) in [5.74, 6) is 2.39. The highest BCUT2D eigenvalue weighted by Gasteiger charge is 2.13. The maximum atomic E-state index is 11.7. The highest BCUT2D eigenvalue weighted by molar-refractivity contribution is 6.02. The number of aliphatic imine (C=N–C) groups is 1. The lowest BCUT2D eigenvalue weighted by atomic mass is 9.93. The van der Waals surface area contributed by atoms with Gasteiger partial charge in [0.2, 0.25) is 0 Å². The van der Waals surface area contributed by atoms with Gasteiger partial charge in [-0.15, -0.1) is 6.58 Å². The van der Waals surface area contributed by atoms with Crippen LogP contribution in [0.3, 0.4) is 0 Å². The molecule has 0 fully saturated rings. The fraction of sp³-hybridized carbons (Fsp3) is 0.385. The number of allylic oxidation sites excluding steroid dienone is 7. The average Bonchev–Trinajstić information content (AvgIpc) is 2.69. The van der Waals surface area contributed by atoms with Crippen LogP contribution in [-0.4, -0.2) is 23.7 Å². The van der Waals surface area contributed by atoms with Gasteiger partial charge in [-0.2, -0.15) is 0 Å². The molecule has 1 heterocycles. The molecule has 3 heteroatoms. The molecule has 0 spiro atoms. The maximum Gasteiger partial charge on any atom is 0.128 e. The average molecular weight is 391 g/mol. The first-order valence-electron chi connectivity index (χ1n) is 10.2. The van der Waals surface area contributed by atoms with E-state index in [4.69, 9.17) is 0 Å². The van der Waals surface area contributed by atoms with Gasteiger partial charge in [0.05, 0.1) is 0 Å². The Morgan fingerprint density at radius 2 is 2.03 bits per heavy atom. The monoisotopic (exact) mass is 390 g/mol. The van der Waals surface area contributed by atoms with Gasteiger partial charge in [0.25, 0.3) is 0 Å². The van der Waals surface area contributed by atoms with Gasteiger partial charge in [0.15, 0.2) is 0 Å². The van der Waals surface area contributed by atoms with E-state index in [1.165, 1.54) is 0 Å². The summed E-state index contributed by atoms with van der Waals surface area (Å²) < 4.78 is 0. The minimum Gasteiger partial charge on any atom is -0.292 e. The number of nitrogens with zero attached hydrogens (tertiary/aromatic N) is 2. The minimum absolute atomic E-state index is 0.253. The van der Waals surface area contributed by atoms with Gasteiger partial charge >= 0.3 is 0 Å². The predicted octanol–water partition coefficient (Wildman–Crippen LogP) is 6.21. The lowest BCUT2D eigenvalue weighted by Gasteiger charge is -2.13. The highest BCUT2D eigenvalue weighted by atomic mass is 16.1. The molecule has 0 radical (unpaired) electrons. The topological polar surface area (TPSA) is 42.3 Å². The number of hydrogen-bond donors (Lipinski definition) is 0. The van der Waals surface area contributed by atoms with E-state index in [2.05, 4.69) is 42.9 Å². The number of rotatable bonds is 10. The number of hydrogen-bond acceptors (Lipinski definition) is 3. The molecule has 0 saturated carbocycles. The van der Waals surface area contributed by atoms with E-state index in [0.29, 0.717) is 12.0 Å². The van der Waals surface area contributed by atoms with E-state index >= 15 is 0 Å². The molecule has 0 bridgehead atoms. The molecule has 1 atom stereocenters. The Bertz CT molecular complexity index is 894. The normalized spacial score (nSPS) is 13.3. The van der Waals surface area contributed by atoms with E-state index < -0.39 is 0 Å². The zero-order valence-corrected chi connectivity index (χ0v) is 18.8. The molecule has 154 valence electrons. The summed E-state index contributed by atoms with van der Waals surface area (Å²) in [5.41, 5.74) is 7.53. The highest BCUT2D eigenvalue weighted by Crippen LogP contribution is 2.26. The van der Waals surface area contributed by atoms with Crippen LogP contribution < -0.4 is 0 Å². The van der Waals surface area contributed by atoms with Crippen molar-refractivity contribution in [3.63, 3.8) is 0 Å². The minimum atomic E-state index is 0.253. The fourth-order valence-corrected chi connectivity index (χ4v) is 3.56. The van der Waals surface area contributed by atoms with Crippen molar-refractivity contribution in [1.82, 2.24) is 4.98 Å². The molecule has 0 aliphatic carbocycles. The van der Waals surface area contributed by atoms with Gasteiger partial charge in [-0.3, -0.25) is 9.98 Å². The van der Waals surface area contributed by atoms with Crippen molar-refractivity contribution < 1.29 is 4.79 Å². The van der Waals surface area contributed by atoms with Crippen molar-refractivity contribution in [1.29, 1.82) is 0 Å². The molecular formula is C26H34N2O. The van der Waals surface area contributed by atoms with Crippen molar-refractivity contribution >= 4 is 17.2 Å². The van der Waals surface area contributed by atoms with Crippen LogP contribution in [0, 0.1) is 19.8 Å². The first kappa shape index (κ1) is 24.3. The van der Waals surface area contributed by atoms with Crippen molar-refractivity contribution in [3.05, 3.63) is 77.2 Å². The molecule has 0 aliphatic rings. The van der Waals surface area contributed by atoms with Gasteiger partial charge in [-0.1, -0.05) is 50.3 Å². The van der Waals surface area contributed by atoms with E-state index in [1.807, 2.05) is 58.2 Å². The first-order valence-corrected chi connectivity index (χ1v) is 10.2. The molecule has 0 amide bonds. The maximum absolute atomic E-state index is 11.7. The first-order chi connectivity index (χ1) is 13.8. The second-order valence-electron chi connectivity index (χ2n) is 7.21. The molecule has 1 rings (SSSR count). The third kappa shape index (κ3) is 6.66. The number of pyridine rings is 1. The quantitative estimate of drug-likeness (QED) is 0.206. The smallest absolute Gasteiger partial charge is 0.128 e. The van der Waals surface area contributed by atoms with E-state index in [0.717, 1.165) is 52.2 Å². The molecule has 1 unspecified atom stereocenters. The van der Waals surface area contributed by atoms with Gasteiger partial charge in [-0.25, -0.2) is 4.79 Å². The van der Waals surface area contributed by atoms with Crippen LogP contribution in [0.1, 0.15) is 56.1 Å². The molecular weight excluding hydrogens is 356 g/mol. The Hall–Kier alpha value is -2.77. The number of aryl methyl sites for hydroxylation is 2. The Balaban J connectivity index is 3.02. The summed E-state index contributed by atoms with van der Waals surface area (Å²) in [6, 6.07) is 1.97. The Labute approximate surface area is 176 Å². The van der Waals surface area contributed by atoms with Crippen LogP contribution >= 0.6 is 0 Å². The Morgan fingerprint density at radius 3 is 2.55 bits per heavy atom. The largest absolute Gasteiger partial charge is 0.292 e.